The third kappa shape index (κ3) is 10.5. The van der Waals surface area contributed by atoms with Crippen LogP contribution in [0.3, 0.4) is 0 Å². The molecule has 3 rings (SSSR count). The second-order valence-corrected chi connectivity index (χ2v) is 9.89. The third-order valence-corrected chi connectivity index (χ3v) is 7.19. The standard InChI is InChI=1S/C34H44O3/c1-3-32(34-18-14-30(15-19-34)20-23-35)11-7-8-28(2)33-16-12-31(13-17-33)22-25-37-27-26-36-24-21-29-9-5-4-6-10-29/h4-6,9-10,12-19,26-28,32,35H,3,7-8,11,20-25H2,1-2H3/b27-26-. The second kappa shape index (κ2) is 16.7. The first kappa shape index (κ1) is 28.5. The summed E-state index contributed by atoms with van der Waals surface area (Å²) in [6.07, 6.45) is 10.6. The Balaban J connectivity index is 1.31. The molecule has 0 bridgehead atoms. The van der Waals surface area contributed by atoms with Gasteiger partial charge in [0.1, 0.15) is 12.5 Å². The molecule has 0 saturated heterocycles. The largest absolute Gasteiger partial charge is 0.498 e. The average Bonchev–Trinajstić information content (AvgIpc) is 2.94. The van der Waals surface area contributed by atoms with Crippen LogP contribution in [0, 0.1) is 0 Å². The molecule has 37 heavy (non-hydrogen) atoms. The first-order chi connectivity index (χ1) is 18.2. The van der Waals surface area contributed by atoms with Gasteiger partial charge < -0.3 is 14.6 Å². The Hall–Kier alpha value is -3.04. The molecule has 0 heterocycles. The van der Waals surface area contributed by atoms with Crippen molar-refractivity contribution < 1.29 is 14.6 Å². The molecule has 0 aliphatic rings. The van der Waals surface area contributed by atoms with Crippen LogP contribution in [0.2, 0.25) is 0 Å². The Labute approximate surface area is 224 Å². The van der Waals surface area contributed by atoms with Crippen LogP contribution in [0.25, 0.3) is 0 Å². The van der Waals surface area contributed by atoms with Crippen molar-refractivity contribution in [3.63, 3.8) is 0 Å². The summed E-state index contributed by atoms with van der Waals surface area (Å²) >= 11 is 0. The number of hydrogen-bond acceptors (Lipinski definition) is 3. The molecule has 3 aromatic carbocycles. The van der Waals surface area contributed by atoms with Gasteiger partial charge in [-0.3, -0.25) is 0 Å². The molecule has 0 radical (unpaired) electrons. The maximum Gasteiger partial charge on any atom is 0.117 e. The zero-order chi connectivity index (χ0) is 26.1. The Morgan fingerprint density at radius 1 is 0.676 bits per heavy atom. The number of rotatable bonds is 17. The van der Waals surface area contributed by atoms with E-state index < -0.39 is 0 Å². The Bertz CT molecular complexity index is 1010. The number of benzene rings is 3. The molecule has 0 spiro atoms. The molecule has 0 fully saturated rings. The monoisotopic (exact) mass is 500 g/mol. The van der Waals surface area contributed by atoms with Crippen LogP contribution >= 0.6 is 0 Å². The maximum atomic E-state index is 9.12. The van der Waals surface area contributed by atoms with E-state index in [4.69, 9.17) is 14.6 Å². The van der Waals surface area contributed by atoms with Crippen molar-refractivity contribution in [1.29, 1.82) is 0 Å². The van der Waals surface area contributed by atoms with Gasteiger partial charge in [0.05, 0.1) is 13.2 Å². The van der Waals surface area contributed by atoms with Crippen molar-refractivity contribution in [2.45, 2.75) is 70.6 Å². The Kier molecular flexibility index (Phi) is 12.8. The van der Waals surface area contributed by atoms with Crippen LogP contribution in [0.1, 0.15) is 79.2 Å². The van der Waals surface area contributed by atoms with E-state index in [1.54, 1.807) is 12.5 Å². The van der Waals surface area contributed by atoms with E-state index in [1.807, 2.05) is 18.2 Å². The van der Waals surface area contributed by atoms with Crippen molar-refractivity contribution in [2.75, 3.05) is 19.8 Å². The Morgan fingerprint density at radius 3 is 1.78 bits per heavy atom. The lowest BCUT2D eigenvalue weighted by molar-refractivity contribution is 0.208. The van der Waals surface area contributed by atoms with Gasteiger partial charge in [0.15, 0.2) is 0 Å². The van der Waals surface area contributed by atoms with E-state index in [9.17, 15) is 0 Å². The molecule has 3 nitrogen and oxygen atoms in total. The number of ether oxygens (including phenoxy) is 2. The van der Waals surface area contributed by atoms with Crippen molar-refractivity contribution >= 4 is 0 Å². The highest BCUT2D eigenvalue weighted by atomic mass is 16.5. The van der Waals surface area contributed by atoms with E-state index in [0.29, 0.717) is 25.0 Å². The summed E-state index contributed by atoms with van der Waals surface area (Å²) in [6.45, 7) is 6.14. The quantitative estimate of drug-likeness (QED) is 0.151. The van der Waals surface area contributed by atoms with E-state index in [0.717, 1.165) is 19.3 Å². The zero-order valence-corrected chi connectivity index (χ0v) is 22.6. The number of aliphatic hydroxyl groups is 1. The summed E-state index contributed by atoms with van der Waals surface area (Å²) in [7, 11) is 0. The molecule has 3 aromatic rings. The van der Waals surface area contributed by atoms with Gasteiger partial charge in [0.2, 0.25) is 0 Å². The molecule has 2 atom stereocenters. The fraction of sp³-hybridized carbons (Fsp3) is 0.412. The SMILES string of the molecule is CCC(CCCC(C)c1ccc(CCO/C=C\OCCc2ccccc2)cc1)c1ccc(CCO)cc1. The van der Waals surface area contributed by atoms with Gasteiger partial charge in [-0.05, 0) is 65.3 Å². The summed E-state index contributed by atoms with van der Waals surface area (Å²) in [4.78, 5) is 0. The van der Waals surface area contributed by atoms with Gasteiger partial charge in [-0.25, -0.2) is 0 Å². The van der Waals surface area contributed by atoms with Crippen molar-refractivity contribution in [3.05, 3.63) is 119 Å². The fourth-order valence-electron chi connectivity index (χ4n) is 4.75. The second-order valence-electron chi connectivity index (χ2n) is 9.89. The maximum absolute atomic E-state index is 9.12. The molecular formula is C34H44O3. The van der Waals surface area contributed by atoms with Crippen LogP contribution in [0.5, 0.6) is 0 Å². The van der Waals surface area contributed by atoms with Crippen molar-refractivity contribution in [3.8, 4) is 0 Å². The van der Waals surface area contributed by atoms with Gasteiger partial charge in [-0.2, -0.15) is 0 Å². The first-order valence-corrected chi connectivity index (χ1v) is 13.9. The lowest BCUT2D eigenvalue weighted by Crippen LogP contribution is -2.01. The molecule has 2 unspecified atom stereocenters. The van der Waals surface area contributed by atoms with Crippen LogP contribution < -0.4 is 0 Å². The van der Waals surface area contributed by atoms with Gasteiger partial charge in [-0.1, -0.05) is 99.1 Å². The van der Waals surface area contributed by atoms with Crippen molar-refractivity contribution in [2.24, 2.45) is 0 Å². The van der Waals surface area contributed by atoms with Crippen LogP contribution in [-0.2, 0) is 28.7 Å². The van der Waals surface area contributed by atoms with E-state index in [-0.39, 0.29) is 6.61 Å². The predicted molar refractivity (Wildman–Crippen MR) is 154 cm³/mol. The summed E-state index contributed by atoms with van der Waals surface area (Å²) < 4.78 is 11.1. The molecule has 0 aromatic heterocycles. The summed E-state index contributed by atoms with van der Waals surface area (Å²) in [5.41, 5.74) is 6.63. The van der Waals surface area contributed by atoms with E-state index >= 15 is 0 Å². The fourth-order valence-corrected chi connectivity index (χ4v) is 4.75. The highest BCUT2D eigenvalue weighted by molar-refractivity contribution is 5.26. The molecule has 0 aliphatic heterocycles. The smallest absolute Gasteiger partial charge is 0.117 e. The Morgan fingerprint density at radius 2 is 1.22 bits per heavy atom. The van der Waals surface area contributed by atoms with Gasteiger partial charge >= 0.3 is 0 Å². The highest BCUT2D eigenvalue weighted by Gasteiger charge is 2.12. The minimum absolute atomic E-state index is 0.214. The average molecular weight is 501 g/mol. The third-order valence-electron chi connectivity index (χ3n) is 7.19. The molecule has 0 aliphatic carbocycles. The number of hydrogen-bond donors (Lipinski definition) is 1. The van der Waals surface area contributed by atoms with Gasteiger partial charge in [0, 0.05) is 19.4 Å². The summed E-state index contributed by atoms with van der Waals surface area (Å²) in [6, 6.07) is 28.2. The van der Waals surface area contributed by atoms with Crippen LogP contribution in [0.15, 0.2) is 91.4 Å². The van der Waals surface area contributed by atoms with E-state index in [2.05, 4.69) is 74.5 Å². The van der Waals surface area contributed by atoms with E-state index in [1.165, 1.54) is 53.5 Å². The number of aliphatic hydroxyl groups excluding tert-OH is 1. The molecule has 1 N–H and O–H groups in total. The van der Waals surface area contributed by atoms with Crippen LogP contribution in [0.4, 0.5) is 0 Å². The first-order valence-electron chi connectivity index (χ1n) is 13.9. The molecule has 198 valence electrons. The zero-order valence-electron chi connectivity index (χ0n) is 22.6. The summed E-state index contributed by atoms with van der Waals surface area (Å²) in [5, 5.41) is 9.12. The minimum atomic E-state index is 0.214. The van der Waals surface area contributed by atoms with Gasteiger partial charge in [-0.15, -0.1) is 0 Å². The lowest BCUT2D eigenvalue weighted by Gasteiger charge is -2.18. The predicted octanol–water partition coefficient (Wildman–Crippen LogP) is 7.98. The van der Waals surface area contributed by atoms with Crippen LogP contribution in [-0.4, -0.2) is 24.9 Å². The normalized spacial score (nSPS) is 12.9. The molecule has 0 amide bonds. The molecule has 3 heteroatoms. The highest BCUT2D eigenvalue weighted by Crippen LogP contribution is 2.29. The molecule has 0 saturated carbocycles. The minimum Gasteiger partial charge on any atom is -0.498 e. The lowest BCUT2D eigenvalue weighted by atomic mass is 9.87. The van der Waals surface area contributed by atoms with Crippen molar-refractivity contribution in [1.82, 2.24) is 0 Å². The molecular weight excluding hydrogens is 456 g/mol. The van der Waals surface area contributed by atoms with Gasteiger partial charge in [0.25, 0.3) is 0 Å². The summed E-state index contributed by atoms with van der Waals surface area (Å²) in [5.74, 6) is 1.17. The topological polar surface area (TPSA) is 38.7 Å².